The fourth-order valence-corrected chi connectivity index (χ4v) is 5.16. The molecule has 1 unspecified atom stereocenters. The van der Waals surface area contributed by atoms with Crippen molar-refractivity contribution in [2.24, 2.45) is 0 Å². The zero-order valence-electron chi connectivity index (χ0n) is 20.0. The Morgan fingerprint density at radius 2 is 1.74 bits per heavy atom. The van der Waals surface area contributed by atoms with Gasteiger partial charge in [-0.15, -0.1) is 0 Å². The normalized spacial score (nSPS) is 18.3. The van der Waals surface area contributed by atoms with Crippen molar-refractivity contribution in [2.45, 2.75) is 45.1 Å². The first kappa shape index (κ1) is 24.1. The number of likely N-dealkylation sites (tertiary alicyclic amines) is 1. The molecule has 8 nitrogen and oxygen atoms in total. The second-order valence-electron chi connectivity index (χ2n) is 9.87. The Labute approximate surface area is 200 Å². The minimum atomic E-state index is -3.66. The molecule has 0 aromatic heterocycles. The number of sulfonamides is 1. The summed E-state index contributed by atoms with van der Waals surface area (Å²) >= 11 is 0. The predicted molar refractivity (Wildman–Crippen MR) is 132 cm³/mol. The lowest BCUT2D eigenvalue weighted by molar-refractivity contribution is -0.122. The third kappa shape index (κ3) is 4.89. The van der Waals surface area contributed by atoms with Gasteiger partial charge in [-0.2, -0.15) is 0 Å². The van der Waals surface area contributed by atoms with E-state index in [0.717, 1.165) is 24.7 Å². The summed E-state index contributed by atoms with van der Waals surface area (Å²) in [5.41, 5.74) is 1.98. The molecule has 2 aliphatic heterocycles. The van der Waals surface area contributed by atoms with Crippen LogP contribution in [0.2, 0.25) is 0 Å². The van der Waals surface area contributed by atoms with Crippen molar-refractivity contribution in [3.63, 3.8) is 0 Å². The number of benzene rings is 2. The van der Waals surface area contributed by atoms with Crippen LogP contribution in [0.4, 0.5) is 11.4 Å². The first-order valence-corrected chi connectivity index (χ1v) is 13.3. The van der Waals surface area contributed by atoms with Crippen molar-refractivity contribution in [3.05, 3.63) is 53.6 Å². The molecule has 0 radical (unpaired) electrons. The van der Waals surface area contributed by atoms with Crippen LogP contribution in [0.3, 0.4) is 0 Å². The van der Waals surface area contributed by atoms with Crippen molar-refractivity contribution < 1.29 is 22.7 Å². The molecular weight excluding hydrogens is 454 g/mol. The molecule has 0 aliphatic carbocycles. The van der Waals surface area contributed by atoms with Gasteiger partial charge in [0.2, 0.25) is 10.0 Å². The maximum Gasteiger partial charge on any atom is 0.267 e. The number of ether oxygens (including phenoxy) is 1. The SMILES string of the molecule is CC(C)(C)c1ccc2c(c1)N(S(C)(=O)=O)CC(C(=O)Nc1ccccc1C(=O)N1CCCC1)O2. The van der Waals surface area contributed by atoms with Crippen LogP contribution in [0.15, 0.2) is 42.5 Å². The lowest BCUT2D eigenvalue weighted by atomic mass is 9.86. The minimum Gasteiger partial charge on any atom is -0.476 e. The van der Waals surface area contributed by atoms with Crippen molar-refractivity contribution >= 4 is 33.2 Å². The molecule has 2 aromatic rings. The highest BCUT2D eigenvalue weighted by Gasteiger charge is 2.36. The van der Waals surface area contributed by atoms with Gasteiger partial charge < -0.3 is 15.0 Å². The van der Waals surface area contributed by atoms with E-state index in [-0.39, 0.29) is 17.9 Å². The summed E-state index contributed by atoms with van der Waals surface area (Å²) in [6, 6.07) is 12.2. The quantitative estimate of drug-likeness (QED) is 0.716. The number of rotatable bonds is 4. The number of nitrogens with zero attached hydrogens (tertiary/aromatic N) is 2. The number of hydrogen-bond acceptors (Lipinski definition) is 5. The van der Waals surface area contributed by atoms with Crippen molar-refractivity contribution in [2.75, 3.05) is 35.5 Å². The molecule has 0 spiro atoms. The zero-order valence-corrected chi connectivity index (χ0v) is 20.8. The summed E-state index contributed by atoms with van der Waals surface area (Å²) in [5, 5.41) is 2.79. The Kier molecular flexibility index (Phi) is 6.33. The van der Waals surface area contributed by atoms with Gasteiger partial charge in [-0.1, -0.05) is 39.0 Å². The number of anilines is 2. The van der Waals surface area contributed by atoms with E-state index < -0.39 is 22.0 Å². The summed E-state index contributed by atoms with van der Waals surface area (Å²) < 4.78 is 32.4. The Morgan fingerprint density at radius 3 is 2.38 bits per heavy atom. The molecule has 2 amide bonds. The van der Waals surface area contributed by atoms with E-state index in [9.17, 15) is 18.0 Å². The van der Waals surface area contributed by atoms with E-state index in [1.165, 1.54) is 4.31 Å². The molecule has 1 fully saturated rings. The average molecular weight is 486 g/mol. The molecule has 2 aliphatic rings. The Hall–Kier alpha value is -3.07. The molecule has 1 saturated heterocycles. The standard InChI is InChI=1S/C25H31N3O5S/c1-25(2,3)17-11-12-21-20(15-17)28(34(4,31)32)16-22(33-21)23(29)26-19-10-6-5-9-18(19)24(30)27-13-7-8-14-27/h5-6,9-12,15,22H,7-8,13-14,16H2,1-4H3,(H,26,29). The smallest absolute Gasteiger partial charge is 0.267 e. The van der Waals surface area contributed by atoms with Crippen LogP contribution >= 0.6 is 0 Å². The average Bonchev–Trinajstić information content (AvgIpc) is 3.31. The second kappa shape index (κ2) is 8.94. The number of nitrogens with one attached hydrogen (secondary N) is 1. The largest absolute Gasteiger partial charge is 0.476 e. The van der Waals surface area contributed by atoms with Crippen molar-refractivity contribution in [1.82, 2.24) is 4.90 Å². The summed E-state index contributed by atoms with van der Waals surface area (Å²) in [4.78, 5) is 27.9. The molecule has 2 aromatic carbocycles. The Balaban J connectivity index is 1.60. The molecule has 0 saturated carbocycles. The monoisotopic (exact) mass is 485 g/mol. The molecule has 182 valence electrons. The molecule has 1 N–H and O–H groups in total. The highest BCUT2D eigenvalue weighted by Crippen LogP contribution is 2.38. The van der Waals surface area contributed by atoms with Crippen LogP contribution in [0, 0.1) is 0 Å². The lowest BCUT2D eigenvalue weighted by Gasteiger charge is -2.35. The number of para-hydroxylation sites is 1. The van der Waals surface area contributed by atoms with Gasteiger partial charge >= 0.3 is 0 Å². The number of fused-ring (bicyclic) bond motifs is 1. The number of carbonyl (C=O) groups is 2. The zero-order chi connectivity index (χ0) is 24.7. The van der Waals surface area contributed by atoms with Gasteiger partial charge in [0.05, 0.1) is 29.7 Å². The summed E-state index contributed by atoms with van der Waals surface area (Å²) in [6.07, 6.45) is 1.98. The van der Waals surface area contributed by atoms with Gasteiger partial charge in [-0.3, -0.25) is 13.9 Å². The molecule has 1 atom stereocenters. The third-order valence-corrected chi connectivity index (χ3v) is 7.34. The van der Waals surface area contributed by atoms with Crippen LogP contribution in [0.1, 0.15) is 49.5 Å². The fraction of sp³-hybridized carbons (Fsp3) is 0.440. The highest BCUT2D eigenvalue weighted by atomic mass is 32.2. The number of carbonyl (C=O) groups excluding carboxylic acids is 2. The van der Waals surface area contributed by atoms with Crippen molar-refractivity contribution in [1.29, 1.82) is 0 Å². The Morgan fingerprint density at radius 1 is 1.06 bits per heavy atom. The first-order chi connectivity index (χ1) is 15.9. The van der Waals surface area contributed by atoms with Gasteiger partial charge in [0, 0.05) is 13.1 Å². The second-order valence-corrected chi connectivity index (χ2v) is 11.8. The molecular formula is C25H31N3O5S. The lowest BCUT2D eigenvalue weighted by Crippen LogP contribution is -2.48. The first-order valence-electron chi connectivity index (χ1n) is 11.4. The molecule has 9 heteroatoms. The summed E-state index contributed by atoms with van der Waals surface area (Å²) in [7, 11) is -3.66. The van der Waals surface area contributed by atoms with E-state index in [0.29, 0.717) is 35.8 Å². The van der Waals surface area contributed by atoms with Gasteiger partial charge in [0.15, 0.2) is 6.10 Å². The van der Waals surface area contributed by atoms with Gasteiger partial charge in [0.25, 0.3) is 11.8 Å². The van der Waals surface area contributed by atoms with Crippen LogP contribution in [0.5, 0.6) is 5.75 Å². The maximum absolute atomic E-state index is 13.2. The van der Waals surface area contributed by atoms with Crippen LogP contribution in [-0.4, -0.2) is 57.1 Å². The van der Waals surface area contributed by atoms with Crippen molar-refractivity contribution in [3.8, 4) is 5.75 Å². The van der Waals surface area contributed by atoms with E-state index in [4.69, 9.17) is 4.74 Å². The van der Waals surface area contributed by atoms with Crippen LogP contribution in [0.25, 0.3) is 0 Å². The van der Waals surface area contributed by atoms with Gasteiger partial charge in [0.1, 0.15) is 5.75 Å². The topological polar surface area (TPSA) is 96.0 Å². The molecule has 2 heterocycles. The molecule has 4 rings (SSSR count). The van der Waals surface area contributed by atoms with Gasteiger partial charge in [-0.05, 0) is 48.1 Å². The van der Waals surface area contributed by atoms with Gasteiger partial charge in [-0.25, -0.2) is 8.42 Å². The van der Waals surface area contributed by atoms with E-state index in [2.05, 4.69) is 5.32 Å². The predicted octanol–water partition coefficient (Wildman–Crippen LogP) is 3.39. The number of hydrogen-bond donors (Lipinski definition) is 1. The maximum atomic E-state index is 13.2. The third-order valence-electron chi connectivity index (χ3n) is 6.20. The van der Waals surface area contributed by atoms with Crippen LogP contribution in [-0.2, 0) is 20.2 Å². The van der Waals surface area contributed by atoms with E-state index >= 15 is 0 Å². The van der Waals surface area contributed by atoms with Crippen LogP contribution < -0.4 is 14.4 Å². The van der Waals surface area contributed by atoms with E-state index in [1.807, 2.05) is 26.8 Å². The fourth-order valence-electron chi connectivity index (χ4n) is 4.25. The minimum absolute atomic E-state index is 0.129. The summed E-state index contributed by atoms with van der Waals surface area (Å²) in [6.45, 7) is 7.36. The highest BCUT2D eigenvalue weighted by molar-refractivity contribution is 7.92. The molecule has 34 heavy (non-hydrogen) atoms. The summed E-state index contributed by atoms with van der Waals surface area (Å²) in [5.74, 6) is -0.317. The van der Waals surface area contributed by atoms with E-state index in [1.54, 1.807) is 41.3 Å². The molecule has 0 bridgehead atoms. The Bertz CT molecular complexity index is 1210. The number of amides is 2.